The van der Waals surface area contributed by atoms with Crippen molar-refractivity contribution >= 4 is 5.91 Å². The molecule has 1 heterocycles. The zero-order chi connectivity index (χ0) is 13.9. The second-order valence-electron chi connectivity index (χ2n) is 4.67. The van der Waals surface area contributed by atoms with E-state index in [2.05, 4.69) is 10.6 Å². The first-order valence-corrected chi connectivity index (χ1v) is 6.05. The van der Waals surface area contributed by atoms with Crippen LogP contribution < -0.4 is 10.6 Å². The first-order valence-electron chi connectivity index (χ1n) is 6.05. The van der Waals surface area contributed by atoms with E-state index < -0.39 is 17.5 Å². The van der Waals surface area contributed by atoms with E-state index in [1.807, 2.05) is 6.07 Å². The molecule has 0 bridgehead atoms. The molecule has 0 aliphatic carbocycles. The van der Waals surface area contributed by atoms with Gasteiger partial charge in [-0.2, -0.15) is 13.2 Å². The van der Waals surface area contributed by atoms with Gasteiger partial charge in [0.1, 0.15) is 0 Å². The van der Waals surface area contributed by atoms with Crippen LogP contribution in [0.25, 0.3) is 0 Å². The van der Waals surface area contributed by atoms with Crippen LogP contribution in [0.4, 0.5) is 13.2 Å². The molecule has 0 saturated carbocycles. The number of hydrogen-bond acceptors (Lipinski definition) is 2. The van der Waals surface area contributed by atoms with E-state index >= 15 is 0 Å². The first kappa shape index (κ1) is 13.9. The lowest BCUT2D eigenvalue weighted by Crippen LogP contribution is -2.52. The van der Waals surface area contributed by atoms with Crippen LogP contribution in [0.15, 0.2) is 30.3 Å². The molecule has 1 aliphatic rings. The summed E-state index contributed by atoms with van der Waals surface area (Å²) in [5.74, 6) is -0.950. The maximum atomic E-state index is 13.1. The van der Waals surface area contributed by atoms with Crippen molar-refractivity contribution in [2.24, 2.45) is 5.41 Å². The number of nitrogens with one attached hydrogen (secondary N) is 2. The van der Waals surface area contributed by atoms with Gasteiger partial charge < -0.3 is 10.6 Å². The second-order valence-corrected chi connectivity index (χ2v) is 4.67. The van der Waals surface area contributed by atoms with Crippen LogP contribution >= 0.6 is 0 Å². The SMILES string of the molecule is O=C(NCc1ccccc1)C1(C(F)(F)F)CCNC1. The Morgan fingerprint density at radius 2 is 2.00 bits per heavy atom. The second kappa shape index (κ2) is 5.21. The number of alkyl halides is 3. The van der Waals surface area contributed by atoms with Gasteiger partial charge in [0, 0.05) is 13.1 Å². The van der Waals surface area contributed by atoms with Crippen LogP contribution in [0, 0.1) is 5.41 Å². The summed E-state index contributed by atoms with van der Waals surface area (Å²) in [6.07, 6.45) is -4.74. The van der Waals surface area contributed by atoms with Gasteiger partial charge in [0.05, 0.1) is 0 Å². The van der Waals surface area contributed by atoms with Crippen LogP contribution in [-0.2, 0) is 11.3 Å². The number of amides is 1. The zero-order valence-electron chi connectivity index (χ0n) is 10.3. The van der Waals surface area contributed by atoms with E-state index in [0.29, 0.717) is 0 Å². The van der Waals surface area contributed by atoms with Gasteiger partial charge >= 0.3 is 6.18 Å². The molecule has 1 saturated heterocycles. The van der Waals surface area contributed by atoms with Crippen molar-refractivity contribution in [3.63, 3.8) is 0 Å². The Morgan fingerprint density at radius 3 is 2.53 bits per heavy atom. The molecule has 1 atom stereocenters. The van der Waals surface area contributed by atoms with E-state index in [9.17, 15) is 18.0 Å². The van der Waals surface area contributed by atoms with Crippen molar-refractivity contribution in [1.82, 2.24) is 10.6 Å². The van der Waals surface area contributed by atoms with Gasteiger partial charge in [-0.3, -0.25) is 4.79 Å². The Morgan fingerprint density at radius 1 is 1.32 bits per heavy atom. The van der Waals surface area contributed by atoms with Gasteiger partial charge in [-0.1, -0.05) is 30.3 Å². The Hall–Kier alpha value is -1.56. The van der Waals surface area contributed by atoms with Crippen LogP contribution in [-0.4, -0.2) is 25.2 Å². The largest absolute Gasteiger partial charge is 0.404 e. The molecule has 1 amide bonds. The molecule has 2 rings (SSSR count). The number of carbonyl (C=O) groups excluding carboxylic acids is 1. The molecule has 1 unspecified atom stereocenters. The van der Waals surface area contributed by atoms with Crippen molar-refractivity contribution in [2.75, 3.05) is 13.1 Å². The van der Waals surface area contributed by atoms with Gasteiger partial charge in [-0.15, -0.1) is 0 Å². The molecule has 1 fully saturated rings. The highest BCUT2D eigenvalue weighted by molar-refractivity contribution is 5.84. The van der Waals surface area contributed by atoms with Crippen LogP contribution in [0.1, 0.15) is 12.0 Å². The average molecular weight is 272 g/mol. The van der Waals surface area contributed by atoms with E-state index in [0.717, 1.165) is 5.56 Å². The molecule has 0 radical (unpaired) electrons. The highest BCUT2D eigenvalue weighted by atomic mass is 19.4. The van der Waals surface area contributed by atoms with Crippen LogP contribution in [0.3, 0.4) is 0 Å². The van der Waals surface area contributed by atoms with Crippen molar-refractivity contribution in [1.29, 1.82) is 0 Å². The summed E-state index contributed by atoms with van der Waals surface area (Å²) in [4.78, 5) is 11.9. The third kappa shape index (κ3) is 2.73. The summed E-state index contributed by atoms with van der Waals surface area (Å²) >= 11 is 0. The predicted molar refractivity (Wildman–Crippen MR) is 64.3 cm³/mol. The number of carbonyl (C=O) groups is 1. The molecule has 1 aromatic rings. The normalized spacial score (nSPS) is 23.3. The van der Waals surface area contributed by atoms with Gasteiger partial charge in [0.15, 0.2) is 5.41 Å². The molecular formula is C13H15F3N2O. The third-order valence-electron chi connectivity index (χ3n) is 3.43. The van der Waals surface area contributed by atoms with E-state index in [-0.39, 0.29) is 26.1 Å². The lowest BCUT2D eigenvalue weighted by atomic mass is 9.85. The summed E-state index contributed by atoms with van der Waals surface area (Å²) in [5.41, 5.74) is -1.51. The highest BCUT2D eigenvalue weighted by Crippen LogP contribution is 2.43. The summed E-state index contributed by atoms with van der Waals surface area (Å²) in [6.45, 7) is -0.0348. The Balaban J connectivity index is 2.05. The van der Waals surface area contributed by atoms with Gasteiger partial charge in [0.25, 0.3) is 0 Å². The molecular weight excluding hydrogens is 257 g/mol. The molecule has 104 valence electrons. The van der Waals surface area contributed by atoms with Crippen LogP contribution in [0.5, 0.6) is 0 Å². The van der Waals surface area contributed by atoms with Gasteiger partial charge in [-0.05, 0) is 18.5 Å². The fraction of sp³-hybridized carbons (Fsp3) is 0.462. The van der Waals surface area contributed by atoms with E-state index in [4.69, 9.17) is 0 Å². The summed E-state index contributed by atoms with van der Waals surface area (Å²) in [6, 6.07) is 8.88. The minimum atomic E-state index is -4.53. The predicted octanol–water partition coefficient (Wildman–Crippen LogP) is 1.84. The topological polar surface area (TPSA) is 41.1 Å². The smallest absolute Gasteiger partial charge is 0.351 e. The van der Waals surface area contributed by atoms with Gasteiger partial charge in [-0.25, -0.2) is 0 Å². The number of rotatable bonds is 3. The molecule has 6 heteroatoms. The summed E-state index contributed by atoms with van der Waals surface area (Å²) in [5, 5.41) is 5.01. The Labute approximate surface area is 109 Å². The number of benzene rings is 1. The molecule has 1 aromatic carbocycles. The van der Waals surface area contributed by atoms with Gasteiger partial charge in [0.2, 0.25) is 5.91 Å². The molecule has 1 aliphatic heterocycles. The molecule has 19 heavy (non-hydrogen) atoms. The monoisotopic (exact) mass is 272 g/mol. The maximum absolute atomic E-state index is 13.1. The minimum absolute atomic E-state index is 0.109. The summed E-state index contributed by atoms with van der Waals surface area (Å²) in [7, 11) is 0. The highest BCUT2D eigenvalue weighted by Gasteiger charge is 2.61. The van der Waals surface area contributed by atoms with Crippen molar-refractivity contribution in [2.45, 2.75) is 19.1 Å². The molecule has 0 spiro atoms. The lowest BCUT2D eigenvalue weighted by molar-refractivity contribution is -0.216. The van der Waals surface area contributed by atoms with Crippen LogP contribution in [0.2, 0.25) is 0 Å². The fourth-order valence-electron chi connectivity index (χ4n) is 2.20. The number of halogens is 3. The molecule has 0 aromatic heterocycles. The Bertz CT molecular complexity index is 439. The quantitative estimate of drug-likeness (QED) is 0.881. The Kier molecular flexibility index (Phi) is 3.80. The lowest BCUT2D eigenvalue weighted by Gasteiger charge is -2.29. The minimum Gasteiger partial charge on any atom is -0.351 e. The van der Waals surface area contributed by atoms with E-state index in [1.165, 1.54) is 0 Å². The van der Waals surface area contributed by atoms with Crippen molar-refractivity contribution in [3.05, 3.63) is 35.9 Å². The number of hydrogen-bond donors (Lipinski definition) is 2. The standard InChI is InChI=1S/C13H15F3N2O/c14-13(15,16)12(6-7-17-9-12)11(19)18-8-10-4-2-1-3-5-10/h1-5,17H,6-9H2,(H,18,19). The van der Waals surface area contributed by atoms with Crippen molar-refractivity contribution < 1.29 is 18.0 Å². The summed E-state index contributed by atoms with van der Waals surface area (Å²) < 4.78 is 39.3. The fourth-order valence-corrected chi connectivity index (χ4v) is 2.20. The molecule has 3 nitrogen and oxygen atoms in total. The third-order valence-corrected chi connectivity index (χ3v) is 3.43. The zero-order valence-corrected chi connectivity index (χ0v) is 10.3. The van der Waals surface area contributed by atoms with Crippen molar-refractivity contribution in [3.8, 4) is 0 Å². The molecule has 2 N–H and O–H groups in total. The maximum Gasteiger partial charge on any atom is 0.404 e. The first-order chi connectivity index (χ1) is 8.96. The van der Waals surface area contributed by atoms with E-state index in [1.54, 1.807) is 24.3 Å². The average Bonchev–Trinajstić information content (AvgIpc) is 2.87.